The Hall–Kier alpha value is -2.41. The number of nitrogens with one attached hydrogen (secondary N) is 1. The van der Waals surface area contributed by atoms with Gasteiger partial charge in [-0.1, -0.05) is 18.2 Å². The predicted octanol–water partition coefficient (Wildman–Crippen LogP) is 1.57. The Morgan fingerprint density at radius 3 is 2.77 bits per heavy atom. The molecule has 0 unspecified atom stereocenters. The third kappa shape index (κ3) is 3.62. The molecule has 2 aromatic rings. The minimum atomic E-state index is -0.396. The summed E-state index contributed by atoms with van der Waals surface area (Å²) in [5.41, 5.74) is 6.62. The van der Waals surface area contributed by atoms with E-state index in [4.69, 9.17) is 22.7 Å². The highest BCUT2D eigenvalue weighted by atomic mass is 32.1. The lowest BCUT2D eigenvalue weighted by molar-refractivity contribution is -0.143. The number of amides is 1. The molecule has 0 spiro atoms. The van der Waals surface area contributed by atoms with Crippen LogP contribution in [0.5, 0.6) is 0 Å². The lowest BCUT2D eigenvalue weighted by Gasteiger charge is -2.10. The van der Waals surface area contributed by atoms with Crippen LogP contribution in [0.2, 0.25) is 0 Å². The van der Waals surface area contributed by atoms with Crippen molar-refractivity contribution in [3.63, 3.8) is 0 Å². The molecule has 116 valence electrons. The molecule has 0 saturated heterocycles. The number of ether oxygens (including phenoxy) is 1. The van der Waals surface area contributed by atoms with Gasteiger partial charge in [-0.25, -0.2) is 0 Å². The van der Waals surface area contributed by atoms with Crippen molar-refractivity contribution in [3.8, 4) is 0 Å². The van der Waals surface area contributed by atoms with Gasteiger partial charge in [0.2, 0.25) is 0 Å². The van der Waals surface area contributed by atoms with Crippen LogP contribution in [-0.2, 0) is 16.1 Å². The number of fused-ring (bicyclic) bond motifs is 1. The van der Waals surface area contributed by atoms with Gasteiger partial charge in [0.05, 0.1) is 13.0 Å². The van der Waals surface area contributed by atoms with Gasteiger partial charge in [0.25, 0.3) is 5.91 Å². The van der Waals surface area contributed by atoms with Crippen LogP contribution in [0.15, 0.2) is 30.3 Å². The van der Waals surface area contributed by atoms with Crippen molar-refractivity contribution in [2.24, 2.45) is 5.73 Å². The maximum absolute atomic E-state index is 12.2. The molecule has 0 aliphatic carbocycles. The molecule has 1 aromatic heterocycles. The zero-order valence-corrected chi connectivity index (χ0v) is 13.0. The molecule has 6 nitrogen and oxygen atoms in total. The molecular formula is C15H17N3O3S. The summed E-state index contributed by atoms with van der Waals surface area (Å²) in [6.45, 7) is 2.43. The van der Waals surface area contributed by atoms with E-state index in [0.29, 0.717) is 18.8 Å². The van der Waals surface area contributed by atoms with Gasteiger partial charge in [-0.3, -0.25) is 14.9 Å². The molecule has 1 aromatic carbocycles. The number of benzene rings is 1. The van der Waals surface area contributed by atoms with Crippen LogP contribution in [0.3, 0.4) is 0 Å². The van der Waals surface area contributed by atoms with Crippen LogP contribution >= 0.6 is 12.2 Å². The lowest BCUT2D eigenvalue weighted by Crippen LogP contribution is -2.36. The normalized spacial score (nSPS) is 10.4. The number of rotatable bonds is 5. The average molecular weight is 319 g/mol. The Morgan fingerprint density at radius 1 is 1.36 bits per heavy atom. The fourth-order valence-corrected chi connectivity index (χ4v) is 2.34. The van der Waals surface area contributed by atoms with Crippen LogP contribution in [-0.4, -0.2) is 28.2 Å². The number of nitrogens with zero attached hydrogens (tertiary/aromatic N) is 1. The van der Waals surface area contributed by atoms with E-state index in [1.54, 1.807) is 17.6 Å². The molecule has 0 saturated carbocycles. The van der Waals surface area contributed by atoms with Gasteiger partial charge in [-0.15, -0.1) is 0 Å². The van der Waals surface area contributed by atoms with Crippen molar-refractivity contribution in [2.45, 2.75) is 19.9 Å². The van der Waals surface area contributed by atoms with E-state index >= 15 is 0 Å². The lowest BCUT2D eigenvalue weighted by atomic mass is 10.2. The summed E-state index contributed by atoms with van der Waals surface area (Å²) in [5, 5.41) is 3.22. The predicted molar refractivity (Wildman–Crippen MR) is 87.4 cm³/mol. The summed E-state index contributed by atoms with van der Waals surface area (Å²) in [7, 11) is 0. The van der Waals surface area contributed by atoms with Crippen molar-refractivity contribution in [1.29, 1.82) is 0 Å². The number of aryl methyl sites for hydroxylation is 1. The second-order valence-electron chi connectivity index (χ2n) is 4.61. The summed E-state index contributed by atoms with van der Waals surface area (Å²) >= 11 is 4.70. The molecule has 0 bridgehead atoms. The van der Waals surface area contributed by atoms with Crippen molar-refractivity contribution in [3.05, 3.63) is 36.0 Å². The first-order valence-corrected chi connectivity index (χ1v) is 7.28. The maximum Gasteiger partial charge on any atom is 0.307 e. The Kier molecular flexibility index (Phi) is 5.11. The Bertz CT molecular complexity index is 724. The quantitative estimate of drug-likeness (QED) is 0.645. The minimum Gasteiger partial charge on any atom is -0.466 e. The monoisotopic (exact) mass is 319 g/mol. The van der Waals surface area contributed by atoms with E-state index in [1.165, 1.54) is 0 Å². The SMILES string of the molecule is CCOC(=O)CCn1c(C(=O)NC(N)=S)cc2ccccc21. The van der Waals surface area contributed by atoms with E-state index in [9.17, 15) is 9.59 Å². The van der Waals surface area contributed by atoms with Crippen molar-refractivity contribution >= 4 is 40.1 Å². The first-order valence-electron chi connectivity index (χ1n) is 6.87. The van der Waals surface area contributed by atoms with Crippen molar-refractivity contribution in [2.75, 3.05) is 6.61 Å². The summed E-state index contributed by atoms with van der Waals surface area (Å²) in [5.74, 6) is -0.700. The highest BCUT2D eigenvalue weighted by molar-refractivity contribution is 7.80. The third-order valence-corrected chi connectivity index (χ3v) is 3.23. The fraction of sp³-hybridized carbons (Fsp3) is 0.267. The van der Waals surface area contributed by atoms with Gasteiger partial charge in [0.15, 0.2) is 5.11 Å². The first kappa shape index (κ1) is 16.0. The van der Waals surface area contributed by atoms with E-state index in [-0.39, 0.29) is 17.5 Å². The number of esters is 1. The molecule has 0 aliphatic heterocycles. The smallest absolute Gasteiger partial charge is 0.307 e. The van der Waals surface area contributed by atoms with E-state index in [2.05, 4.69) is 5.32 Å². The molecule has 22 heavy (non-hydrogen) atoms. The summed E-state index contributed by atoms with van der Waals surface area (Å²) < 4.78 is 6.69. The van der Waals surface area contributed by atoms with Crippen molar-refractivity contribution < 1.29 is 14.3 Å². The van der Waals surface area contributed by atoms with Gasteiger partial charge < -0.3 is 15.0 Å². The fourth-order valence-electron chi connectivity index (χ4n) is 2.25. The van der Waals surface area contributed by atoms with Crippen LogP contribution < -0.4 is 11.1 Å². The molecule has 1 heterocycles. The molecular weight excluding hydrogens is 302 g/mol. The van der Waals surface area contributed by atoms with Gasteiger partial charge >= 0.3 is 5.97 Å². The largest absolute Gasteiger partial charge is 0.466 e. The molecule has 7 heteroatoms. The third-order valence-electron chi connectivity index (χ3n) is 3.12. The molecule has 3 N–H and O–H groups in total. The maximum atomic E-state index is 12.2. The van der Waals surface area contributed by atoms with Crippen LogP contribution in [0.25, 0.3) is 10.9 Å². The molecule has 0 atom stereocenters. The number of hydrogen-bond acceptors (Lipinski definition) is 4. The Balaban J connectivity index is 2.33. The van der Waals surface area contributed by atoms with Crippen LogP contribution in [0.1, 0.15) is 23.8 Å². The highest BCUT2D eigenvalue weighted by Gasteiger charge is 2.16. The van der Waals surface area contributed by atoms with Crippen LogP contribution in [0, 0.1) is 0 Å². The average Bonchev–Trinajstić information content (AvgIpc) is 2.83. The second-order valence-corrected chi connectivity index (χ2v) is 5.05. The topological polar surface area (TPSA) is 86.3 Å². The van der Waals surface area contributed by atoms with E-state index < -0.39 is 5.91 Å². The number of para-hydroxylation sites is 1. The molecule has 1 amide bonds. The molecule has 0 fully saturated rings. The van der Waals surface area contributed by atoms with E-state index in [0.717, 1.165) is 10.9 Å². The number of nitrogens with two attached hydrogens (primary N) is 1. The molecule has 2 rings (SSSR count). The second kappa shape index (κ2) is 7.04. The van der Waals surface area contributed by atoms with E-state index in [1.807, 2.05) is 24.3 Å². The number of aromatic nitrogens is 1. The van der Waals surface area contributed by atoms with Gasteiger partial charge in [0.1, 0.15) is 5.69 Å². The summed E-state index contributed by atoms with van der Waals surface area (Å²) in [6.07, 6.45) is 0.180. The zero-order chi connectivity index (χ0) is 16.1. The summed E-state index contributed by atoms with van der Waals surface area (Å²) in [6, 6.07) is 9.28. The standard InChI is InChI=1S/C15H17N3O3S/c1-2-21-13(19)7-8-18-11-6-4-3-5-10(11)9-12(18)14(20)17-15(16)22/h3-6,9H,2,7-8H2,1H3,(H3,16,17,20,22). The number of carbonyl (C=O) groups excluding carboxylic acids is 2. The number of thiocarbonyl (C=S) groups is 1. The molecule has 0 radical (unpaired) electrons. The van der Waals surface area contributed by atoms with Gasteiger partial charge in [-0.2, -0.15) is 0 Å². The Morgan fingerprint density at radius 2 is 2.09 bits per heavy atom. The van der Waals surface area contributed by atoms with Gasteiger partial charge in [0, 0.05) is 17.4 Å². The van der Waals surface area contributed by atoms with Crippen LogP contribution in [0.4, 0.5) is 0 Å². The minimum absolute atomic E-state index is 0.0906. The number of hydrogen-bond donors (Lipinski definition) is 2. The first-order chi connectivity index (χ1) is 10.5. The Labute approximate surface area is 133 Å². The summed E-state index contributed by atoms with van der Waals surface area (Å²) in [4.78, 5) is 23.8. The van der Waals surface area contributed by atoms with Gasteiger partial charge in [-0.05, 0) is 31.3 Å². The number of carbonyl (C=O) groups is 2. The van der Waals surface area contributed by atoms with Crippen molar-refractivity contribution in [1.82, 2.24) is 9.88 Å². The zero-order valence-electron chi connectivity index (χ0n) is 12.2. The highest BCUT2D eigenvalue weighted by Crippen LogP contribution is 2.20. The molecule has 0 aliphatic rings.